The lowest BCUT2D eigenvalue weighted by molar-refractivity contribution is -0.147. The van der Waals surface area contributed by atoms with Crippen molar-refractivity contribution in [1.82, 2.24) is 10.6 Å². The lowest BCUT2D eigenvalue weighted by Crippen LogP contribution is -2.43. The monoisotopic (exact) mass is 578 g/mol. The first-order chi connectivity index (χ1) is 20.3. The van der Waals surface area contributed by atoms with Crippen LogP contribution in [-0.4, -0.2) is 35.1 Å². The van der Waals surface area contributed by atoms with Crippen LogP contribution in [0.4, 0.5) is 8.78 Å². The smallest absolute Gasteiger partial charge is 0.331 e. The Kier molecular flexibility index (Phi) is 8.46. The second-order valence-corrected chi connectivity index (χ2v) is 12.7. The van der Waals surface area contributed by atoms with Gasteiger partial charge in [0.15, 0.2) is 0 Å². The highest BCUT2D eigenvalue weighted by Gasteiger charge is 2.45. The fourth-order valence-corrected chi connectivity index (χ4v) is 7.88. The van der Waals surface area contributed by atoms with E-state index in [1.54, 1.807) is 24.3 Å². The summed E-state index contributed by atoms with van der Waals surface area (Å²) in [4.78, 5) is 26.0. The highest BCUT2D eigenvalue weighted by molar-refractivity contribution is 5.91. The maximum absolute atomic E-state index is 14.1. The van der Waals surface area contributed by atoms with Gasteiger partial charge in [-0.05, 0) is 86.8 Å². The van der Waals surface area contributed by atoms with Crippen molar-refractivity contribution in [1.29, 1.82) is 0 Å². The third-order valence-corrected chi connectivity index (χ3v) is 9.90. The molecule has 42 heavy (non-hydrogen) atoms. The number of ether oxygens (including phenoxy) is 2. The number of nitrogens with one attached hydrogen (secondary N) is 2. The Hall–Kier alpha value is -3.10. The third-order valence-electron chi connectivity index (χ3n) is 9.90. The van der Waals surface area contributed by atoms with Crippen molar-refractivity contribution in [2.75, 3.05) is 0 Å². The zero-order valence-electron chi connectivity index (χ0n) is 24.0. The van der Waals surface area contributed by atoms with Gasteiger partial charge >= 0.3 is 11.9 Å². The Labute approximate surface area is 246 Å². The standard InChI is InChI=1S/C34H40F2N2O4/c35-25-9-5-7-23(21-25)31(27-13-19-33(37-27)15-1-2-16-33)41-29(39)11-12-30(40)42-32(24-8-6-10-26(36)22-24)28-14-20-34(38-28)17-3-4-18-34/h5-12,21-22,27-28,31-32,37-38H,1-4,13-20H2/b12-11-/t27-,28-,31-,32-/m1/s1. The Morgan fingerprint density at radius 3 is 1.48 bits per heavy atom. The van der Waals surface area contributed by atoms with E-state index in [-0.39, 0.29) is 23.2 Å². The normalized spacial score (nSPS) is 25.8. The van der Waals surface area contributed by atoms with Crippen LogP contribution in [0.25, 0.3) is 0 Å². The summed E-state index contributed by atoms with van der Waals surface area (Å²) in [5.41, 5.74) is 1.26. The van der Waals surface area contributed by atoms with E-state index in [9.17, 15) is 18.4 Å². The van der Waals surface area contributed by atoms with Crippen molar-refractivity contribution in [2.24, 2.45) is 0 Å². The van der Waals surface area contributed by atoms with E-state index in [2.05, 4.69) is 10.6 Å². The van der Waals surface area contributed by atoms with Gasteiger partial charge in [-0.2, -0.15) is 0 Å². The fourth-order valence-electron chi connectivity index (χ4n) is 7.88. The summed E-state index contributed by atoms with van der Waals surface area (Å²) >= 11 is 0. The summed E-state index contributed by atoms with van der Waals surface area (Å²) in [5.74, 6) is -2.21. The number of carbonyl (C=O) groups is 2. The minimum Gasteiger partial charge on any atom is -0.453 e. The molecule has 0 radical (unpaired) electrons. The molecule has 6 rings (SSSR count). The maximum Gasteiger partial charge on any atom is 0.331 e. The molecule has 0 aromatic heterocycles. The topological polar surface area (TPSA) is 76.7 Å². The molecule has 4 aliphatic rings. The van der Waals surface area contributed by atoms with Crippen LogP contribution in [0.2, 0.25) is 0 Å². The van der Waals surface area contributed by atoms with Crippen LogP contribution in [0.1, 0.15) is 100 Å². The Balaban J connectivity index is 1.14. The molecule has 2 aromatic rings. The summed E-state index contributed by atoms with van der Waals surface area (Å²) in [6, 6.07) is 12.0. The molecule has 0 unspecified atom stereocenters. The molecule has 2 N–H and O–H groups in total. The molecule has 2 saturated carbocycles. The number of rotatable bonds is 8. The van der Waals surface area contributed by atoms with Crippen LogP contribution in [0, 0.1) is 11.6 Å². The summed E-state index contributed by atoms with van der Waals surface area (Å²) in [7, 11) is 0. The van der Waals surface area contributed by atoms with Crippen molar-refractivity contribution in [3.63, 3.8) is 0 Å². The SMILES string of the molecule is O=C(/C=C\C(=O)O[C@H](c1cccc(F)c1)[C@H]1CCC2(CCCC2)N1)O[C@H](c1cccc(F)c1)[C@H]1CCC2(CCCC2)N1. The van der Waals surface area contributed by atoms with Gasteiger partial charge in [-0.15, -0.1) is 0 Å². The van der Waals surface area contributed by atoms with E-state index in [4.69, 9.17) is 9.47 Å². The molecule has 2 aliphatic heterocycles. The van der Waals surface area contributed by atoms with Crippen molar-refractivity contribution >= 4 is 11.9 Å². The molecule has 2 spiro atoms. The predicted octanol–water partition coefficient (Wildman–Crippen LogP) is 6.52. The molecule has 224 valence electrons. The molecular weight excluding hydrogens is 538 g/mol. The first kappa shape index (κ1) is 29.0. The largest absolute Gasteiger partial charge is 0.453 e. The van der Waals surface area contributed by atoms with Gasteiger partial charge in [0.2, 0.25) is 0 Å². The highest BCUT2D eigenvalue weighted by atomic mass is 19.1. The van der Waals surface area contributed by atoms with Gasteiger partial charge in [-0.3, -0.25) is 0 Å². The number of hydrogen-bond acceptors (Lipinski definition) is 6. The van der Waals surface area contributed by atoms with Gasteiger partial charge < -0.3 is 20.1 Å². The summed E-state index contributed by atoms with van der Waals surface area (Å²) in [6.07, 6.45) is 13.4. The van der Waals surface area contributed by atoms with Crippen molar-refractivity contribution in [2.45, 2.75) is 112 Å². The summed E-state index contributed by atoms with van der Waals surface area (Å²) in [5, 5.41) is 7.40. The molecule has 6 nitrogen and oxygen atoms in total. The van der Waals surface area contributed by atoms with Crippen LogP contribution in [0.3, 0.4) is 0 Å². The van der Waals surface area contributed by atoms with Gasteiger partial charge in [-0.1, -0.05) is 49.9 Å². The van der Waals surface area contributed by atoms with Crippen LogP contribution in [-0.2, 0) is 19.1 Å². The second-order valence-electron chi connectivity index (χ2n) is 12.7. The summed E-state index contributed by atoms with van der Waals surface area (Å²) < 4.78 is 40.0. The number of benzene rings is 2. The molecule has 2 aliphatic carbocycles. The van der Waals surface area contributed by atoms with Crippen molar-refractivity contribution in [3.05, 3.63) is 83.4 Å². The van der Waals surface area contributed by atoms with Gasteiger partial charge in [0.1, 0.15) is 23.8 Å². The van der Waals surface area contributed by atoms with Crippen LogP contribution >= 0.6 is 0 Å². The first-order valence-electron chi connectivity index (χ1n) is 15.5. The van der Waals surface area contributed by atoms with E-state index in [0.717, 1.165) is 63.5 Å². The first-order valence-corrected chi connectivity index (χ1v) is 15.5. The van der Waals surface area contributed by atoms with Gasteiger partial charge in [0, 0.05) is 35.3 Å². The Morgan fingerprint density at radius 1 is 0.690 bits per heavy atom. The fraction of sp³-hybridized carbons (Fsp3) is 0.529. The number of carbonyl (C=O) groups excluding carboxylic acids is 2. The van der Waals surface area contributed by atoms with E-state index in [1.807, 2.05) is 0 Å². The average molecular weight is 579 g/mol. The average Bonchev–Trinajstić information content (AvgIpc) is 3.80. The lowest BCUT2D eigenvalue weighted by atomic mass is 9.95. The quantitative estimate of drug-likeness (QED) is 0.274. The maximum atomic E-state index is 14.1. The van der Waals surface area contributed by atoms with Gasteiger partial charge in [0.25, 0.3) is 0 Å². The molecule has 4 fully saturated rings. The predicted molar refractivity (Wildman–Crippen MR) is 154 cm³/mol. The molecule has 0 amide bonds. The van der Waals surface area contributed by atoms with Crippen molar-refractivity contribution in [3.8, 4) is 0 Å². The molecule has 8 heteroatoms. The lowest BCUT2D eigenvalue weighted by Gasteiger charge is -2.29. The molecule has 2 heterocycles. The Morgan fingerprint density at radius 2 is 1.10 bits per heavy atom. The molecule has 2 saturated heterocycles. The third kappa shape index (κ3) is 6.45. The molecule has 4 atom stereocenters. The zero-order chi connectivity index (χ0) is 29.2. The second kappa shape index (κ2) is 12.3. The van der Waals surface area contributed by atoms with E-state index in [1.165, 1.54) is 49.9 Å². The van der Waals surface area contributed by atoms with Crippen LogP contribution in [0.5, 0.6) is 0 Å². The molecule has 0 bridgehead atoms. The zero-order valence-corrected chi connectivity index (χ0v) is 24.0. The van der Waals surface area contributed by atoms with E-state index < -0.39 is 35.8 Å². The Bertz CT molecular complexity index is 1220. The molecule has 2 aromatic carbocycles. The molecular formula is C34H40F2N2O4. The summed E-state index contributed by atoms with van der Waals surface area (Å²) in [6.45, 7) is 0. The number of esters is 2. The van der Waals surface area contributed by atoms with E-state index in [0.29, 0.717) is 11.1 Å². The van der Waals surface area contributed by atoms with Gasteiger partial charge in [0.05, 0.1) is 0 Å². The van der Waals surface area contributed by atoms with Gasteiger partial charge in [-0.25, -0.2) is 18.4 Å². The minimum absolute atomic E-state index is 0.0551. The van der Waals surface area contributed by atoms with E-state index >= 15 is 0 Å². The number of halogens is 2. The van der Waals surface area contributed by atoms with Crippen LogP contribution in [0.15, 0.2) is 60.7 Å². The van der Waals surface area contributed by atoms with Crippen LogP contribution < -0.4 is 10.6 Å². The minimum atomic E-state index is -0.707. The van der Waals surface area contributed by atoms with Crippen molar-refractivity contribution < 1.29 is 27.8 Å². The number of hydrogen-bond donors (Lipinski definition) is 2. The highest BCUT2D eigenvalue weighted by Crippen LogP contribution is 2.43.